The number of carbonyl (C=O) groups excluding carboxylic acids is 3. The first-order chi connectivity index (χ1) is 13.1. The average Bonchev–Trinajstić information content (AvgIpc) is 2.71. The molecule has 6 heteroatoms. The Labute approximate surface area is 159 Å². The maximum Gasteiger partial charge on any atom is 0.288 e. The van der Waals surface area contributed by atoms with E-state index in [0.29, 0.717) is 5.56 Å². The smallest absolute Gasteiger partial charge is 0.288 e. The quantitative estimate of drug-likeness (QED) is 0.405. The molecule has 1 aromatic heterocycles. The largest absolute Gasteiger partial charge is 0.294 e. The molecule has 0 radical (unpaired) electrons. The number of nitrogens with zero attached hydrogens (tertiary/aromatic N) is 1. The summed E-state index contributed by atoms with van der Waals surface area (Å²) in [5.41, 5.74) is 6.59. The molecule has 0 unspecified atom stereocenters. The zero-order valence-corrected chi connectivity index (χ0v) is 15.5. The van der Waals surface area contributed by atoms with Crippen LogP contribution in [0.3, 0.4) is 0 Å². The van der Waals surface area contributed by atoms with E-state index < -0.39 is 11.8 Å². The molecule has 0 spiro atoms. The summed E-state index contributed by atoms with van der Waals surface area (Å²) in [6.45, 7) is 2.17. The number of hydrazine groups is 1. The lowest BCUT2D eigenvalue weighted by Crippen LogP contribution is -2.42. The van der Waals surface area contributed by atoms with E-state index in [2.05, 4.69) is 22.8 Å². The lowest BCUT2D eigenvalue weighted by Gasteiger charge is -2.07. The molecule has 2 amide bonds. The van der Waals surface area contributed by atoms with Gasteiger partial charge in [0.25, 0.3) is 5.91 Å². The lowest BCUT2D eigenvalue weighted by atomic mass is 10.0. The Morgan fingerprint density at radius 3 is 2.37 bits per heavy atom. The van der Waals surface area contributed by atoms with E-state index in [1.807, 2.05) is 24.3 Å². The van der Waals surface area contributed by atoms with E-state index in [4.69, 9.17) is 0 Å². The Morgan fingerprint density at radius 2 is 1.70 bits per heavy atom. The van der Waals surface area contributed by atoms with Crippen molar-refractivity contribution < 1.29 is 14.4 Å². The molecule has 0 aliphatic rings. The van der Waals surface area contributed by atoms with Crippen molar-refractivity contribution in [3.63, 3.8) is 0 Å². The molecule has 1 heterocycles. The molecule has 0 fully saturated rings. The van der Waals surface area contributed by atoms with Crippen LogP contribution < -0.4 is 10.9 Å². The van der Waals surface area contributed by atoms with Crippen LogP contribution in [0.2, 0.25) is 0 Å². The number of aromatic nitrogens is 1. The van der Waals surface area contributed by atoms with Gasteiger partial charge in [-0.3, -0.25) is 30.2 Å². The third-order valence-corrected chi connectivity index (χ3v) is 4.14. The minimum Gasteiger partial charge on any atom is -0.294 e. The van der Waals surface area contributed by atoms with Gasteiger partial charge in [0.15, 0.2) is 5.78 Å². The number of aryl methyl sites for hydroxylation is 1. The van der Waals surface area contributed by atoms with Gasteiger partial charge in [-0.2, -0.15) is 0 Å². The fraction of sp³-hybridized carbons (Fsp3) is 0.333. The first-order valence-electron chi connectivity index (χ1n) is 9.22. The van der Waals surface area contributed by atoms with Crippen LogP contribution in [0.4, 0.5) is 0 Å². The first kappa shape index (κ1) is 20.3. The summed E-state index contributed by atoms with van der Waals surface area (Å²) in [6, 6.07) is 12.5. The summed E-state index contributed by atoms with van der Waals surface area (Å²) in [4.78, 5) is 39.7. The molecule has 0 bridgehead atoms. The summed E-state index contributed by atoms with van der Waals surface area (Å²) >= 11 is 0. The van der Waals surface area contributed by atoms with Crippen molar-refractivity contribution in [2.75, 3.05) is 0 Å². The topological polar surface area (TPSA) is 88.2 Å². The van der Waals surface area contributed by atoms with Crippen LogP contribution in [0.5, 0.6) is 0 Å². The molecule has 27 heavy (non-hydrogen) atoms. The second kappa shape index (κ2) is 10.9. The molecule has 2 N–H and O–H groups in total. The van der Waals surface area contributed by atoms with Gasteiger partial charge in [0.05, 0.1) is 0 Å². The monoisotopic (exact) mass is 367 g/mol. The standard InChI is InChI=1S/C21H25N3O3/c1-2-3-4-7-16-9-11-17(12-10-16)19(25)13-14-20(26)23-24-21(27)18-8-5-6-15-22-18/h5-6,8-12,15H,2-4,7,13-14H2,1H3,(H,23,26)(H,24,27). The number of carbonyl (C=O) groups is 3. The van der Waals surface area contributed by atoms with Crippen molar-refractivity contribution in [1.29, 1.82) is 0 Å². The summed E-state index contributed by atoms with van der Waals surface area (Å²) in [5, 5.41) is 0. The van der Waals surface area contributed by atoms with E-state index in [9.17, 15) is 14.4 Å². The number of hydrogen-bond donors (Lipinski definition) is 2. The normalized spacial score (nSPS) is 10.3. The Hall–Kier alpha value is -3.02. The fourth-order valence-corrected chi connectivity index (χ4v) is 2.56. The van der Waals surface area contributed by atoms with E-state index in [1.165, 1.54) is 30.7 Å². The molecule has 0 aliphatic carbocycles. The molecule has 0 saturated heterocycles. The van der Waals surface area contributed by atoms with Crippen LogP contribution in [0.15, 0.2) is 48.7 Å². The van der Waals surface area contributed by atoms with Gasteiger partial charge in [0, 0.05) is 24.6 Å². The van der Waals surface area contributed by atoms with Gasteiger partial charge in [0.2, 0.25) is 5.91 Å². The van der Waals surface area contributed by atoms with Gasteiger partial charge in [-0.05, 0) is 30.5 Å². The molecule has 6 nitrogen and oxygen atoms in total. The molecule has 0 aliphatic heterocycles. The van der Waals surface area contributed by atoms with Gasteiger partial charge >= 0.3 is 0 Å². The molecule has 0 atom stereocenters. The molecular weight excluding hydrogens is 342 g/mol. The average molecular weight is 367 g/mol. The zero-order valence-electron chi connectivity index (χ0n) is 15.5. The highest BCUT2D eigenvalue weighted by atomic mass is 16.2. The molecule has 2 aromatic rings. The summed E-state index contributed by atoms with van der Waals surface area (Å²) < 4.78 is 0. The van der Waals surface area contributed by atoms with Crippen LogP contribution in [-0.2, 0) is 11.2 Å². The van der Waals surface area contributed by atoms with Gasteiger partial charge in [-0.25, -0.2) is 0 Å². The Balaban J connectivity index is 1.72. The predicted molar refractivity (Wildman–Crippen MR) is 103 cm³/mol. The highest BCUT2D eigenvalue weighted by Gasteiger charge is 2.11. The van der Waals surface area contributed by atoms with Crippen molar-refractivity contribution in [1.82, 2.24) is 15.8 Å². The predicted octanol–water partition coefficient (Wildman–Crippen LogP) is 3.24. The van der Waals surface area contributed by atoms with Gasteiger partial charge in [-0.1, -0.05) is 50.1 Å². The van der Waals surface area contributed by atoms with Gasteiger partial charge in [-0.15, -0.1) is 0 Å². The first-order valence-corrected chi connectivity index (χ1v) is 9.22. The lowest BCUT2D eigenvalue weighted by molar-refractivity contribution is -0.121. The third-order valence-electron chi connectivity index (χ3n) is 4.14. The number of benzene rings is 1. The van der Waals surface area contributed by atoms with Crippen LogP contribution in [-0.4, -0.2) is 22.6 Å². The number of amides is 2. The second-order valence-corrected chi connectivity index (χ2v) is 6.29. The minimum absolute atomic E-state index is 0.000414. The van der Waals surface area contributed by atoms with Gasteiger partial charge in [0.1, 0.15) is 5.69 Å². The zero-order chi connectivity index (χ0) is 19.5. The molecule has 1 aromatic carbocycles. The molecule has 0 saturated carbocycles. The number of rotatable bonds is 9. The summed E-state index contributed by atoms with van der Waals surface area (Å²) in [7, 11) is 0. The Kier molecular flexibility index (Phi) is 8.16. The van der Waals surface area contributed by atoms with Crippen LogP contribution in [0.25, 0.3) is 0 Å². The third kappa shape index (κ3) is 7.01. The SMILES string of the molecule is CCCCCc1ccc(C(=O)CCC(=O)NNC(=O)c2ccccn2)cc1. The Bertz CT molecular complexity index is 758. The maximum absolute atomic E-state index is 12.2. The van der Waals surface area contributed by atoms with Crippen molar-refractivity contribution >= 4 is 17.6 Å². The van der Waals surface area contributed by atoms with Crippen molar-refractivity contribution in [2.45, 2.75) is 45.4 Å². The highest BCUT2D eigenvalue weighted by molar-refractivity contribution is 5.98. The highest BCUT2D eigenvalue weighted by Crippen LogP contribution is 2.11. The number of nitrogens with one attached hydrogen (secondary N) is 2. The van der Waals surface area contributed by atoms with Gasteiger partial charge < -0.3 is 0 Å². The fourth-order valence-electron chi connectivity index (χ4n) is 2.56. The maximum atomic E-state index is 12.2. The van der Waals surface area contributed by atoms with Crippen molar-refractivity contribution in [3.05, 3.63) is 65.5 Å². The molecule has 2 rings (SSSR count). The van der Waals surface area contributed by atoms with Crippen molar-refractivity contribution in [2.24, 2.45) is 0 Å². The second-order valence-electron chi connectivity index (χ2n) is 6.29. The van der Waals surface area contributed by atoms with E-state index in [1.54, 1.807) is 12.1 Å². The van der Waals surface area contributed by atoms with Crippen LogP contribution in [0.1, 0.15) is 65.4 Å². The minimum atomic E-state index is -0.506. The number of hydrogen-bond acceptors (Lipinski definition) is 4. The van der Waals surface area contributed by atoms with Crippen LogP contribution >= 0.6 is 0 Å². The Morgan fingerprint density at radius 1 is 0.926 bits per heavy atom. The number of ketones is 1. The summed E-state index contributed by atoms with van der Waals surface area (Å²) in [6.07, 6.45) is 6.12. The number of pyridine rings is 1. The molecular formula is C21H25N3O3. The number of Topliss-reactive ketones (excluding diaryl/α,β-unsaturated/α-hetero) is 1. The van der Waals surface area contributed by atoms with E-state index >= 15 is 0 Å². The van der Waals surface area contributed by atoms with Crippen LogP contribution in [0, 0.1) is 0 Å². The van der Waals surface area contributed by atoms with E-state index in [0.717, 1.165) is 12.8 Å². The van der Waals surface area contributed by atoms with E-state index in [-0.39, 0.29) is 24.3 Å². The number of unbranched alkanes of at least 4 members (excludes halogenated alkanes) is 2. The van der Waals surface area contributed by atoms with Crippen molar-refractivity contribution in [3.8, 4) is 0 Å². The molecule has 142 valence electrons. The summed E-state index contributed by atoms with van der Waals surface area (Å²) in [5.74, 6) is -1.03.